The zero-order chi connectivity index (χ0) is 13.8. The molecule has 0 spiro atoms. The van der Waals surface area contributed by atoms with Crippen molar-refractivity contribution in [1.82, 2.24) is 9.97 Å². The van der Waals surface area contributed by atoms with Gasteiger partial charge in [-0.05, 0) is 40.6 Å². The second-order valence-electron chi connectivity index (χ2n) is 4.16. The molecular formula is C14H15IN2O2. The Morgan fingerprint density at radius 1 is 1.42 bits per heavy atom. The van der Waals surface area contributed by atoms with Crippen molar-refractivity contribution in [2.75, 3.05) is 7.11 Å². The van der Waals surface area contributed by atoms with Crippen molar-refractivity contribution < 1.29 is 4.74 Å². The summed E-state index contributed by atoms with van der Waals surface area (Å²) in [4.78, 5) is 19.2. The highest BCUT2D eigenvalue weighted by Gasteiger charge is 2.09. The van der Waals surface area contributed by atoms with E-state index in [1.165, 1.54) is 0 Å². The molecular weight excluding hydrogens is 355 g/mol. The maximum absolute atomic E-state index is 11.9. The molecule has 0 saturated carbocycles. The van der Waals surface area contributed by atoms with Gasteiger partial charge in [-0.2, -0.15) is 0 Å². The van der Waals surface area contributed by atoms with Crippen LogP contribution in [0.3, 0.4) is 0 Å². The minimum absolute atomic E-state index is 0.0837. The number of H-pyrrole nitrogens is 1. The Morgan fingerprint density at radius 3 is 2.89 bits per heavy atom. The first-order chi connectivity index (χ1) is 9.15. The molecule has 0 aliphatic heterocycles. The Balaban J connectivity index is 2.49. The maximum atomic E-state index is 11.9. The first kappa shape index (κ1) is 14.2. The van der Waals surface area contributed by atoms with E-state index < -0.39 is 0 Å². The summed E-state index contributed by atoms with van der Waals surface area (Å²) in [5.41, 5.74) is 2.70. The molecule has 0 aliphatic rings. The SMILES string of the molecule is CCc1nc(-c2cccc(COC)c2)[nH]c(=O)c1I. The van der Waals surface area contributed by atoms with E-state index in [0.717, 1.165) is 23.2 Å². The number of hydrogen-bond acceptors (Lipinski definition) is 3. The van der Waals surface area contributed by atoms with Gasteiger partial charge < -0.3 is 9.72 Å². The van der Waals surface area contributed by atoms with E-state index in [0.29, 0.717) is 16.0 Å². The lowest BCUT2D eigenvalue weighted by Gasteiger charge is -2.07. The largest absolute Gasteiger partial charge is 0.380 e. The van der Waals surface area contributed by atoms with Gasteiger partial charge in [0, 0.05) is 12.7 Å². The Labute approximate surface area is 125 Å². The highest BCUT2D eigenvalue weighted by Crippen LogP contribution is 2.17. The minimum atomic E-state index is -0.0837. The molecule has 1 N–H and O–H groups in total. The van der Waals surface area contributed by atoms with Gasteiger partial charge in [-0.1, -0.05) is 25.1 Å². The summed E-state index contributed by atoms with van der Waals surface area (Å²) < 4.78 is 5.78. The Bertz CT molecular complexity index is 638. The van der Waals surface area contributed by atoms with Crippen LogP contribution in [0.4, 0.5) is 0 Å². The molecule has 1 aromatic carbocycles. The lowest BCUT2D eigenvalue weighted by atomic mass is 10.1. The van der Waals surface area contributed by atoms with Gasteiger partial charge in [-0.15, -0.1) is 0 Å². The third-order valence-electron chi connectivity index (χ3n) is 2.78. The molecule has 1 heterocycles. The number of halogens is 1. The quantitative estimate of drug-likeness (QED) is 0.843. The zero-order valence-corrected chi connectivity index (χ0v) is 13.0. The second kappa shape index (κ2) is 6.29. The molecule has 19 heavy (non-hydrogen) atoms. The van der Waals surface area contributed by atoms with Crippen molar-refractivity contribution in [3.05, 3.63) is 49.4 Å². The number of aromatic nitrogens is 2. The standard InChI is InChI=1S/C14H15IN2O2/c1-3-11-12(15)14(18)17-13(16-11)10-6-4-5-9(7-10)8-19-2/h4-7H,3,8H2,1-2H3,(H,16,17,18). The third kappa shape index (κ3) is 3.22. The molecule has 0 fully saturated rings. The van der Waals surface area contributed by atoms with E-state index in [2.05, 4.69) is 9.97 Å². The van der Waals surface area contributed by atoms with E-state index in [4.69, 9.17) is 4.74 Å². The average Bonchev–Trinajstić information content (AvgIpc) is 2.42. The Kier molecular flexibility index (Phi) is 4.71. The fourth-order valence-electron chi connectivity index (χ4n) is 1.85. The number of methoxy groups -OCH3 is 1. The molecule has 0 atom stereocenters. The van der Waals surface area contributed by atoms with Crippen molar-refractivity contribution in [2.24, 2.45) is 0 Å². The van der Waals surface area contributed by atoms with Gasteiger partial charge in [-0.25, -0.2) is 4.98 Å². The van der Waals surface area contributed by atoms with Crippen LogP contribution in [-0.2, 0) is 17.8 Å². The van der Waals surface area contributed by atoms with E-state index >= 15 is 0 Å². The lowest BCUT2D eigenvalue weighted by molar-refractivity contribution is 0.185. The van der Waals surface area contributed by atoms with E-state index in [-0.39, 0.29) is 5.56 Å². The molecule has 2 rings (SSSR count). The van der Waals surface area contributed by atoms with Crippen molar-refractivity contribution in [1.29, 1.82) is 0 Å². The van der Waals surface area contributed by atoms with Crippen molar-refractivity contribution in [3.63, 3.8) is 0 Å². The molecule has 100 valence electrons. The van der Waals surface area contributed by atoms with Crippen molar-refractivity contribution in [2.45, 2.75) is 20.0 Å². The van der Waals surface area contributed by atoms with Gasteiger partial charge in [0.05, 0.1) is 15.9 Å². The molecule has 0 saturated heterocycles. The monoisotopic (exact) mass is 370 g/mol. The fourth-order valence-corrected chi connectivity index (χ4v) is 2.49. The Hall–Kier alpha value is -1.21. The highest BCUT2D eigenvalue weighted by atomic mass is 127. The zero-order valence-electron chi connectivity index (χ0n) is 10.9. The van der Waals surface area contributed by atoms with Gasteiger partial charge in [-0.3, -0.25) is 4.79 Å². The molecule has 0 unspecified atom stereocenters. The average molecular weight is 370 g/mol. The number of nitrogens with zero attached hydrogens (tertiary/aromatic N) is 1. The van der Waals surface area contributed by atoms with Gasteiger partial charge in [0.2, 0.25) is 0 Å². The minimum Gasteiger partial charge on any atom is -0.380 e. The third-order valence-corrected chi connectivity index (χ3v) is 3.89. The number of ether oxygens (including phenoxy) is 1. The van der Waals surface area contributed by atoms with Crippen LogP contribution in [0.1, 0.15) is 18.2 Å². The number of hydrogen-bond donors (Lipinski definition) is 1. The van der Waals surface area contributed by atoms with Crippen LogP contribution < -0.4 is 5.56 Å². The van der Waals surface area contributed by atoms with Gasteiger partial charge in [0.25, 0.3) is 5.56 Å². The lowest BCUT2D eigenvalue weighted by Crippen LogP contribution is -2.16. The summed E-state index contributed by atoms with van der Waals surface area (Å²) in [5, 5.41) is 0. The van der Waals surface area contributed by atoms with Crippen LogP contribution >= 0.6 is 22.6 Å². The van der Waals surface area contributed by atoms with Crippen molar-refractivity contribution in [3.8, 4) is 11.4 Å². The number of aromatic amines is 1. The molecule has 2 aromatic rings. The molecule has 0 amide bonds. The first-order valence-electron chi connectivity index (χ1n) is 6.02. The molecule has 0 radical (unpaired) electrons. The predicted octanol–water partition coefficient (Wildman–Crippen LogP) is 2.75. The summed E-state index contributed by atoms with van der Waals surface area (Å²) >= 11 is 2.03. The topological polar surface area (TPSA) is 55.0 Å². The second-order valence-corrected chi connectivity index (χ2v) is 5.24. The molecule has 5 heteroatoms. The van der Waals surface area contributed by atoms with Crippen molar-refractivity contribution >= 4 is 22.6 Å². The summed E-state index contributed by atoms with van der Waals surface area (Å²) in [5.74, 6) is 0.611. The first-order valence-corrected chi connectivity index (χ1v) is 7.10. The number of benzene rings is 1. The van der Waals surface area contributed by atoms with Crippen LogP contribution in [0.15, 0.2) is 29.1 Å². The number of nitrogens with one attached hydrogen (secondary N) is 1. The summed E-state index contributed by atoms with van der Waals surface area (Å²) in [6, 6.07) is 7.84. The van der Waals surface area contributed by atoms with Gasteiger partial charge >= 0.3 is 0 Å². The molecule has 1 aromatic heterocycles. The van der Waals surface area contributed by atoms with Crippen LogP contribution in [0.5, 0.6) is 0 Å². The smallest absolute Gasteiger partial charge is 0.264 e. The molecule has 0 bridgehead atoms. The van der Waals surface area contributed by atoms with Crippen LogP contribution in [0.25, 0.3) is 11.4 Å². The van der Waals surface area contributed by atoms with E-state index in [1.807, 2.05) is 53.8 Å². The summed E-state index contributed by atoms with van der Waals surface area (Å²) in [6.45, 7) is 2.54. The number of rotatable bonds is 4. The summed E-state index contributed by atoms with van der Waals surface area (Å²) in [7, 11) is 1.66. The highest BCUT2D eigenvalue weighted by molar-refractivity contribution is 14.1. The number of aryl methyl sites for hydroxylation is 1. The van der Waals surface area contributed by atoms with E-state index in [1.54, 1.807) is 7.11 Å². The predicted molar refractivity (Wildman–Crippen MR) is 83.1 cm³/mol. The fraction of sp³-hybridized carbons (Fsp3) is 0.286. The van der Waals surface area contributed by atoms with Crippen LogP contribution in [0, 0.1) is 3.57 Å². The van der Waals surface area contributed by atoms with Gasteiger partial charge in [0.15, 0.2) is 0 Å². The maximum Gasteiger partial charge on any atom is 0.264 e. The Morgan fingerprint density at radius 2 is 2.21 bits per heavy atom. The molecule has 4 nitrogen and oxygen atoms in total. The summed E-state index contributed by atoms with van der Waals surface area (Å²) in [6.07, 6.45) is 0.743. The van der Waals surface area contributed by atoms with Gasteiger partial charge in [0.1, 0.15) is 5.82 Å². The van der Waals surface area contributed by atoms with Crippen LogP contribution in [-0.4, -0.2) is 17.1 Å². The van der Waals surface area contributed by atoms with Crippen LogP contribution in [0.2, 0.25) is 0 Å². The van der Waals surface area contributed by atoms with E-state index in [9.17, 15) is 4.79 Å². The molecule has 0 aliphatic carbocycles. The normalized spacial score (nSPS) is 10.7.